The van der Waals surface area contributed by atoms with Gasteiger partial charge in [0.05, 0.1) is 40.4 Å². The molecule has 0 aromatic heterocycles. The van der Waals surface area contributed by atoms with E-state index in [0.717, 1.165) is 10.5 Å². The molecule has 1 N–H and O–H groups in total. The quantitative estimate of drug-likeness (QED) is 0.720. The van der Waals surface area contributed by atoms with Gasteiger partial charge in [0, 0.05) is 13.1 Å². The number of amides is 4. The molecular weight excluding hydrogens is 354 g/mol. The molecule has 0 unspecified atom stereocenters. The number of hydrogen-bond donors (Lipinski definition) is 1. The molecule has 9 nitrogen and oxygen atoms in total. The molecule has 2 saturated heterocycles. The Kier molecular flexibility index (Phi) is 5.80. The normalized spacial score (nSPS) is 19.9. The van der Waals surface area contributed by atoms with E-state index in [2.05, 4.69) is 5.32 Å². The molecule has 2 aliphatic rings. The second kappa shape index (κ2) is 8.26. The van der Waals surface area contributed by atoms with Crippen molar-refractivity contribution in [2.24, 2.45) is 0 Å². The second-order valence-corrected chi connectivity index (χ2v) is 6.31. The van der Waals surface area contributed by atoms with Crippen LogP contribution in [-0.4, -0.2) is 74.2 Å². The van der Waals surface area contributed by atoms with Gasteiger partial charge in [0.2, 0.25) is 5.91 Å². The molecular formula is C18H23N3O6. The van der Waals surface area contributed by atoms with E-state index in [1.165, 1.54) is 14.2 Å². The third-order valence-corrected chi connectivity index (χ3v) is 4.64. The standard InChI is InChI=1S/C18H23N3O6/c1-25-14-4-3-12(9-15(14)26-2)11-21-17(23)13(19-18(21)24)10-16(22)20-5-7-27-8-6-20/h3-4,9,13H,5-8,10-11H2,1-2H3,(H,19,24)/t13-/m1/s1. The predicted molar refractivity (Wildman–Crippen MR) is 94.4 cm³/mol. The fourth-order valence-corrected chi connectivity index (χ4v) is 3.14. The van der Waals surface area contributed by atoms with Gasteiger partial charge in [0.1, 0.15) is 6.04 Å². The second-order valence-electron chi connectivity index (χ2n) is 6.31. The minimum absolute atomic E-state index is 0.0486. The first-order chi connectivity index (χ1) is 13.0. The van der Waals surface area contributed by atoms with Gasteiger partial charge in [-0.15, -0.1) is 0 Å². The van der Waals surface area contributed by atoms with Gasteiger partial charge in [-0.3, -0.25) is 14.5 Å². The van der Waals surface area contributed by atoms with Crippen molar-refractivity contribution in [3.05, 3.63) is 23.8 Å². The summed E-state index contributed by atoms with van der Waals surface area (Å²) < 4.78 is 15.7. The van der Waals surface area contributed by atoms with Gasteiger partial charge < -0.3 is 24.4 Å². The Morgan fingerprint density at radius 1 is 1.19 bits per heavy atom. The molecule has 0 saturated carbocycles. The average molecular weight is 377 g/mol. The molecule has 9 heteroatoms. The lowest BCUT2D eigenvalue weighted by atomic mass is 10.1. The van der Waals surface area contributed by atoms with Gasteiger partial charge >= 0.3 is 6.03 Å². The number of carbonyl (C=O) groups excluding carboxylic acids is 3. The molecule has 1 aromatic rings. The predicted octanol–water partition coefficient (Wildman–Crippen LogP) is 0.373. The average Bonchev–Trinajstić information content (AvgIpc) is 2.95. The summed E-state index contributed by atoms with van der Waals surface area (Å²) in [5.74, 6) is 0.509. The first kappa shape index (κ1) is 19.0. The summed E-state index contributed by atoms with van der Waals surface area (Å²) in [5, 5.41) is 2.60. The summed E-state index contributed by atoms with van der Waals surface area (Å²) in [7, 11) is 3.05. The number of methoxy groups -OCH3 is 2. The van der Waals surface area contributed by atoms with E-state index >= 15 is 0 Å². The number of benzene rings is 1. The summed E-state index contributed by atoms with van der Waals surface area (Å²) in [6, 6.07) is 3.84. The topological polar surface area (TPSA) is 97.4 Å². The third-order valence-electron chi connectivity index (χ3n) is 4.64. The van der Waals surface area contributed by atoms with Crippen LogP contribution >= 0.6 is 0 Å². The van der Waals surface area contributed by atoms with E-state index in [0.29, 0.717) is 37.8 Å². The van der Waals surface area contributed by atoms with Crippen LogP contribution in [0.25, 0.3) is 0 Å². The van der Waals surface area contributed by atoms with E-state index in [1.807, 2.05) is 0 Å². The van der Waals surface area contributed by atoms with Crippen LogP contribution in [0.4, 0.5) is 4.79 Å². The summed E-state index contributed by atoms with van der Waals surface area (Å²) in [6.45, 7) is 2.07. The molecule has 2 fully saturated rings. The van der Waals surface area contributed by atoms with Crippen LogP contribution in [0.2, 0.25) is 0 Å². The van der Waals surface area contributed by atoms with E-state index in [9.17, 15) is 14.4 Å². The Balaban J connectivity index is 1.64. The largest absolute Gasteiger partial charge is 0.493 e. The molecule has 0 bridgehead atoms. The van der Waals surface area contributed by atoms with Gasteiger partial charge in [0.15, 0.2) is 11.5 Å². The van der Waals surface area contributed by atoms with Crippen LogP contribution in [0.1, 0.15) is 12.0 Å². The zero-order chi connectivity index (χ0) is 19.4. The van der Waals surface area contributed by atoms with Crippen molar-refractivity contribution in [1.82, 2.24) is 15.1 Å². The third kappa shape index (κ3) is 4.13. The number of urea groups is 1. The molecule has 0 radical (unpaired) electrons. The van der Waals surface area contributed by atoms with Gasteiger partial charge in [-0.1, -0.05) is 6.07 Å². The molecule has 146 valence electrons. The monoisotopic (exact) mass is 377 g/mol. The van der Waals surface area contributed by atoms with Crippen molar-refractivity contribution < 1.29 is 28.6 Å². The van der Waals surface area contributed by atoms with Crippen LogP contribution in [0.15, 0.2) is 18.2 Å². The van der Waals surface area contributed by atoms with Crippen LogP contribution in [0.3, 0.4) is 0 Å². The first-order valence-electron chi connectivity index (χ1n) is 8.71. The number of nitrogens with zero attached hydrogens (tertiary/aromatic N) is 2. The highest BCUT2D eigenvalue weighted by molar-refractivity contribution is 6.05. The van der Waals surface area contributed by atoms with Crippen LogP contribution in [0.5, 0.6) is 11.5 Å². The molecule has 0 aliphatic carbocycles. The number of nitrogens with one attached hydrogen (secondary N) is 1. The number of morpholine rings is 1. The maximum Gasteiger partial charge on any atom is 0.325 e. The highest BCUT2D eigenvalue weighted by Gasteiger charge is 2.39. The Bertz CT molecular complexity index is 732. The highest BCUT2D eigenvalue weighted by Crippen LogP contribution is 2.28. The number of hydrogen-bond acceptors (Lipinski definition) is 6. The Hall–Kier alpha value is -2.81. The number of carbonyl (C=O) groups is 3. The Labute approximate surface area is 157 Å². The minimum atomic E-state index is -0.840. The van der Waals surface area contributed by atoms with Gasteiger partial charge in [-0.05, 0) is 17.7 Å². The summed E-state index contributed by atoms with van der Waals surface area (Å²) in [5.41, 5.74) is 0.719. The van der Waals surface area contributed by atoms with Crippen molar-refractivity contribution in [1.29, 1.82) is 0 Å². The molecule has 4 amide bonds. The maximum absolute atomic E-state index is 12.6. The Morgan fingerprint density at radius 3 is 2.56 bits per heavy atom. The molecule has 0 spiro atoms. The van der Waals surface area contributed by atoms with Crippen LogP contribution in [0, 0.1) is 0 Å². The van der Waals surface area contributed by atoms with Gasteiger partial charge in [0.25, 0.3) is 5.91 Å². The fraction of sp³-hybridized carbons (Fsp3) is 0.500. The van der Waals surface area contributed by atoms with Crippen molar-refractivity contribution in [3.63, 3.8) is 0 Å². The summed E-state index contributed by atoms with van der Waals surface area (Å²) in [6.07, 6.45) is -0.0486. The fourth-order valence-electron chi connectivity index (χ4n) is 3.14. The van der Waals surface area contributed by atoms with Crippen molar-refractivity contribution in [3.8, 4) is 11.5 Å². The van der Waals surface area contributed by atoms with E-state index < -0.39 is 18.0 Å². The van der Waals surface area contributed by atoms with Gasteiger partial charge in [-0.25, -0.2) is 4.79 Å². The van der Waals surface area contributed by atoms with Crippen molar-refractivity contribution >= 4 is 17.8 Å². The number of ether oxygens (including phenoxy) is 3. The Morgan fingerprint density at radius 2 is 1.89 bits per heavy atom. The molecule has 1 aromatic carbocycles. The molecule has 1 atom stereocenters. The first-order valence-corrected chi connectivity index (χ1v) is 8.71. The molecule has 2 aliphatic heterocycles. The van der Waals surface area contributed by atoms with E-state index in [-0.39, 0.29) is 18.9 Å². The summed E-state index contributed by atoms with van der Waals surface area (Å²) in [4.78, 5) is 39.9. The zero-order valence-electron chi connectivity index (χ0n) is 15.4. The maximum atomic E-state index is 12.6. The van der Waals surface area contributed by atoms with E-state index in [4.69, 9.17) is 14.2 Å². The van der Waals surface area contributed by atoms with Crippen LogP contribution in [-0.2, 0) is 20.9 Å². The van der Waals surface area contributed by atoms with Crippen molar-refractivity contribution in [2.45, 2.75) is 19.0 Å². The highest BCUT2D eigenvalue weighted by atomic mass is 16.5. The zero-order valence-corrected chi connectivity index (χ0v) is 15.4. The lowest BCUT2D eigenvalue weighted by Crippen LogP contribution is -2.44. The summed E-state index contributed by atoms with van der Waals surface area (Å²) >= 11 is 0. The lowest BCUT2D eigenvalue weighted by molar-refractivity contribution is -0.138. The lowest BCUT2D eigenvalue weighted by Gasteiger charge is -2.27. The molecule has 27 heavy (non-hydrogen) atoms. The molecule has 3 rings (SSSR count). The SMILES string of the molecule is COc1ccc(CN2C(=O)N[C@H](CC(=O)N3CCOCC3)C2=O)cc1OC. The smallest absolute Gasteiger partial charge is 0.325 e. The van der Waals surface area contributed by atoms with Crippen molar-refractivity contribution in [2.75, 3.05) is 40.5 Å². The number of rotatable bonds is 6. The minimum Gasteiger partial charge on any atom is -0.493 e. The van der Waals surface area contributed by atoms with E-state index in [1.54, 1.807) is 23.1 Å². The molecule has 2 heterocycles. The van der Waals surface area contributed by atoms with Gasteiger partial charge in [-0.2, -0.15) is 0 Å². The number of imide groups is 1. The van der Waals surface area contributed by atoms with Crippen LogP contribution < -0.4 is 14.8 Å².